The molecular formula is C19H22N2O6S. The maximum atomic E-state index is 12.6. The number of hydrogen-bond acceptors (Lipinski definition) is 7. The molecule has 1 heterocycles. The Bertz CT molecular complexity index is 926. The van der Waals surface area contributed by atoms with Crippen LogP contribution in [0.3, 0.4) is 0 Å². The molecule has 8 nitrogen and oxygen atoms in total. The van der Waals surface area contributed by atoms with Gasteiger partial charge in [-0.25, -0.2) is 8.42 Å². The van der Waals surface area contributed by atoms with E-state index in [9.17, 15) is 13.5 Å². The Morgan fingerprint density at radius 2 is 1.64 bits per heavy atom. The van der Waals surface area contributed by atoms with E-state index in [-0.39, 0.29) is 22.1 Å². The van der Waals surface area contributed by atoms with Gasteiger partial charge in [0.2, 0.25) is 15.8 Å². The van der Waals surface area contributed by atoms with Crippen LogP contribution in [0.25, 0.3) is 0 Å². The maximum absolute atomic E-state index is 12.6. The monoisotopic (exact) mass is 406 g/mol. The molecule has 2 aromatic carbocycles. The molecule has 1 N–H and O–H groups in total. The summed E-state index contributed by atoms with van der Waals surface area (Å²) in [5.41, 5.74) is 1.25. The third-order valence-corrected chi connectivity index (χ3v) is 6.22. The van der Waals surface area contributed by atoms with Gasteiger partial charge in [-0.15, -0.1) is 0 Å². The van der Waals surface area contributed by atoms with E-state index in [2.05, 4.69) is 4.99 Å². The number of nitrogens with zero attached hydrogens (tertiary/aromatic N) is 2. The number of phenols is 1. The van der Waals surface area contributed by atoms with Crippen LogP contribution in [-0.4, -0.2) is 64.6 Å². The number of benzene rings is 2. The average Bonchev–Trinajstić information content (AvgIpc) is 2.74. The van der Waals surface area contributed by atoms with Crippen molar-refractivity contribution in [2.24, 2.45) is 4.99 Å². The van der Waals surface area contributed by atoms with E-state index >= 15 is 0 Å². The van der Waals surface area contributed by atoms with Crippen molar-refractivity contribution in [3.05, 3.63) is 42.0 Å². The minimum atomic E-state index is -3.53. The van der Waals surface area contributed by atoms with Crippen LogP contribution in [-0.2, 0) is 14.8 Å². The van der Waals surface area contributed by atoms with E-state index < -0.39 is 10.0 Å². The Labute approximate surface area is 164 Å². The molecule has 0 amide bonds. The lowest BCUT2D eigenvalue weighted by molar-refractivity contribution is 0.0730. The predicted octanol–water partition coefficient (Wildman–Crippen LogP) is 2.18. The fourth-order valence-electron chi connectivity index (χ4n) is 2.78. The van der Waals surface area contributed by atoms with Gasteiger partial charge in [0.25, 0.3) is 0 Å². The third kappa shape index (κ3) is 4.27. The normalized spacial score (nSPS) is 15.6. The first kappa shape index (κ1) is 20.1. The zero-order chi connectivity index (χ0) is 20.1. The molecular weight excluding hydrogens is 384 g/mol. The van der Waals surface area contributed by atoms with Gasteiger partial charge in [-0.2, -0.15) is 4.31 Å². The lowest BCUT2D eigenvalue weighted by Gasteiger charge is -2.26. The molecule has 0 unspecified atom stereocenters. The zero-order valence-electron chi connectivity index (χ0n) is 15.7. The molecule has 28 heavy (non-hydrogen) atoms. The number of sulfonamides is 1. The number of methoxy groups -OCH3 is 2. The summed E-state index contributed by atoms with van der Waals surface area (Å²) in [4.78, 5) is 4.57. The summed E-state index contributed by atoms with van der Waals surface area (Å²) in [6.07, 6.45) is 1.58. The van der Waals surface area contributed by atoms with Crippen LogP contribution in [0.4, 0.5) is 5.69 Å². The van der Waals surface area contributed by atoms with Gasteiger partial charge in [0.1, 0.15) is 0 Å². The SMILES string of the molecule is COc1cc(C=Nc2ccc(S(=O)(=O)N3CCOCC3)cc2)cc(OC)c1O. The minimum Gasteiger partial charge on any atom is -0.502 e. The first-order valence-corrected chi connectivity index (χ1v) is 10.1. The molecule has 0 radical (unpaired) electrons. The molecule has 0 aliphatic carbocycles. The number of hydrogen-bond donors (Lipinski definition) is 1. The van der Waals surface area contributed by atoms with E-state index in [0.29, 0.717) is 37.6 Å². The molecule has 1 aliphatic heterocycles. The van der Waals surface area contributed by atoms with Crippen LogP contribution >= 0.6 is 0 Å². The molecule has 1 aliphatic rings. The number of rotatable bonds is 6. The summed E-state index contributed by atoms with van der Waals surface area (Å²) >= 11 is 0. The Hall–Kier alpha value is -2.62. The van der Waals surface area contributed by atoms with Gasteiger partial charge < -0.3 is 19.3 Å². The molecule has 1 fully saturated rings. The van der Waals surface area contributed by atoms with E-state index in [1.807, 2.05) is 0 Å². The number of morpholine rings is 1. The molecule has 150 valence electrons. The highest BCUT2D eigenvalue weighted by molar-refractivity contribution is 7.89. The molecule has 9 heteroatoms. The van der Waals surface area contributed by atoms with E-state index in [4.69, 9.17) is 14.2 Å². The van der Waals surface area contributed by atoms with Crippen molar-refractivity contribution < 1.29 is 27.7 Å². The van der Waals surface area contributed by atoms with Crippen molar-refractivity contribution in [3.8, 4) is 17.2 Å². The summed E-state index contributed by atoms with van der Waals surface area (Å²) in [5, 5.41) is 9.95. The highest BCUT2D eigenvalue weighted by atomic mass is 32.2. The van der Waals surface area contributed by atoms with Crippen LogP contribution in [0.15, 0.2) is 46.3 Å². The first-order chi connectivity index (χ1) is 13.5. The highest BCUT2D eigenvalue weighted by Gasteiger charge is 2.26. The quantitative estimate of drug-likeness (QED) is 0.739. The van der Waals surface area contributed by atoms with Crippen molar-refractivity contribution in [3.63, 3.8) is 0 Å². The van der Waals surface area contributed by atoms with Crippen molar-refractivity contribution in [2.45, 2.75) is 4.90 Å². The Balaban J connectivity index is 1.79. The van der Waals surface area contributed by atoms with Crippen LogP contribution in [0.1, 0.15) is 5.56 Å². The molecule has 3 rings (SSSR count). The fraction of sp³-hybridized carbons (Fsp3) is 0.316. The van der Waals surface area contributed by atoms with E-state index in [1.165, 1.54) is 30.7 Å². The second-order valence-electron chi connectivity index (χ2n) is 6.04. The van der Waals surface area contributed by atoms with Gasteiger partial charge in [-0.3, -0.25) is 4.99 Å². The van der Waals surface area contributed by atoms with Crippen molar-refractivity contribution in [1.82, 2.24) is 4.31 Å². The Kier molecular flexibility index (Phi) is 6.18. The minimum absolute atomic E-state index is 0.0835. The van der Waals surface area contributed by atoms with E-state index in [1.54, 1.807) is 30.5 Å². The van der Waals surface area contributed by atoms with Gasteiger partial charge in [-0.05, 0) is 36.4 Å². The molecule has 0 bridgehead atoms. The Morgan fingerprint density at radius 1 is 1.07 bits per heavy atom. The summed E-state index contributed by atoms with van der Waals surface area (Å²) < 4.78 is 42.1. The van der Waals surface area contributed by atoms with Crippen LogP contribution in [0.2, 0.25) is 0 Å². The number of phenolic OH excluding ortho intramolecular Hbond substituents is 1. The van der Waals surface area contributed by atoms with Gasteiger partial charge in [0, 0.05) is 24.9 Å². The summed E-state index contributed by atoms with van der Waals surface area (Å²) in [5.74, 6) is 0.459. The highest BCUT2D eigenvalue weighted by Crippen LogP contribution is 2.36. The predicted molar refractivity (Wildman–Crippen MR) is 104 cm³/mol. The lowest BCUT2D eigenvalue weighted by atomic mass is 10.2. The number of aromatic hydroxyl groups is 1. The van der Waals surface area contributed by atoms with E-state index in [0.717, 1.165) is 0 Å². The molecule has 2 aromatic rings. The average molecular weight is 406 g/mol. The second kappa shape index (κ2) is 8.59. The molecule has 0 spiro atoms. The summed E-state index contributed by atoms with van der Waals surface area (Å²) in [6, 6.07) is 9.60. The smallest absolute Gasteiger partial charge is 0.243 e. The van der Waals surface area contributed by atoms with Crippen LogP contribution in [0, 0.1) is 0 Å². The molecule has 0 atom stereocenters. The largest absolute Gasteiger partial charge is 0.502 e. The molecule has 0 aromatic heterocycles. The van der Waals surface area contributed by atoms with Crippen molar-refractivity contribution >= 4 is 21.9 Å². The fourth-order valence-corrected chi connectivity index (χ4v) is 4.19. The van der Waals surface area contributed by atoms with Crippen LogP contribution < -0.4 is 9.47 Å². The van der Waals surface area contributed by atoms with Crippen molar-refractivity contribution in [1.29, 1.82) is 0 Å². The third-order valence-electron chi connectivity index (χ3n) is 4.31. The second-order valence-corrected chi connectivity index (χ2v) is 7.98. The first-order valence-electron chi connectivity index (χ1n) is 8.62. The van der Waals surface area contributed by atoms with Gasteiger partial charge in [0.15, 0.2) is 11.5 Å². The molecule has 1 saturated heterocycles. The molecule has 0 saturated carbocycles. The Morgan fingerprint density at radius 3 is 2.18 bits per heavy atom. The van der Waals surface area contributed by atoms with Gasteiger partial charge >= 0.3 is 0 Å². The summed E-state index contributed by atoms with van der Waals surface area (Å²) in [6.45, 7) is 1.52. The number of ether oxygens (including phenoxy) is 3. The van der Waals surface area contributed by atoms with Gasteiger partial charge in [0.05, 0.1) is 38.0 Å². The standard InChI is InChI=1S/C19H22N2O6S/c1-25-17-11-14(12-18(26-2)19(17)22)13-20-15-3-5-16(6-4-15)28(23,24)21-7-9-27-10-8-21/h3-6,11-13,22H,7-10H2,1-2H3. The maximum Gasteiger partial charge on any atom is 0.243 e. The lowest BCUT2D eigenvalue weighted by Crippen LogP contribution is -2.40. The van der Waals surface area contributed by atoms with Crippen molar-refractivity contribution in [2.75, 3.05) is 40.5 Å². The van der Waals surface area contributed by atoms with Crippen LogP contribution in [0.5, 0.6) is 17.2 Å². The zero-order valence-corrected chi connectivity index (χ0v) is 16.5. The number of aliphatic imine (C=N–C) groups is 1. The summed E-state index contributed by atoms with van der Waals surface area (Å²) in [7, 11) is -0.633. The topological polar surface area (TPSA) is 97.7 Å². The van der Waals surface area contributed by atoms with Gasteiger partial charge in [-0.1, -0.05) is 0 Å².